The van der Waals surface area contributed by atoms with Crippen LogP contribution in [0.15, 0.2) is 41.5 Å². The van der Waals surface area contributed by atoms with Crippen molar-refractivity contribution >= 4 is 27.5 Å². The second-order valence-electron chi connectivity index (χ2n) is 5.26. The van der Waals surface area contributed by atoms with Crippen molar-refractivity contribution in [3.05, 3.63) is 63.0 Å². The molecule has 0 aliphatic rings. The molecular formula is C17H16N2O4S. The number of aryl methyl sites for hydroxylation is 1. The topological polar surface area (TPSA) is 81.4 Å². The number of thiophene rings is 1. The van der Waals surface area contributed by atoms with Gasteiger partial charge in [0.1, 0.15) is 16.3 Å². The van der Waals surface area contributed by atoms with Crippen LogP contribution in [-0.2, 0) is 17.9 Å². The Morgan fingerprint density at radius 3 is 2.79 bits per heavy atom. The molecule has 0 saturated carbocycles. The zero-order valence-electron chi connectivity index (χ0n) is 13.1. The van der Waals surface area contributed by atoms with Crippen LogP contribution in [0.2, 0.25) is 0 Å². The zero-order chi connectivity index (χ0) is 17.1. The van der Waals surface area contributed by atoms with Gasteiger partial charge in [0.25, 0.3) is 5.56 Å². The summed E-state index contributed by atoms with van der Waals surface area (Å²) in [5.41, 5.74) is 1.20. The second kappa shape index (κ2) is 6.94. The van der Waals surface area contributed by atoms with Gasteiger partial charge in [0.2, 0.25) is 0 Å². The molecular weight excluding hydrogens is 328 g/mol. The first kappa shape index (κ1) is 16.4. The highest BCUT2D eigenvalue weighted by molar-refractivity contribution is 7.20. The molecule has 0 fully saturated rings. The van der Waals surface area contributed by atoms with E-state index >= 15 is 0 Å². The number of aliphatic hydroxyl groups excluding tert-OH is 1. The Morgan fingerprint density at radius 1 is 1.33 bits per heavy atom. The van der Waals surface area contributed by atoms with Gasteiger partial charge in [-0.05, 0) is 18.1 Å². The lowest BCUT2D eigenvalue weighted by Gasteiger charge is -2.04. The molecule has 0 atom stereocenters. The number of benzene rings is 1. The van der Waals surface area contributed by atoms with Crippen molar-refractivity contribution in [1.29, 1.82) is 0 Å². The number of hydrogen-bond acceptors (Lipinski definition) is 6. The van der Waals surface area contributed by atoms with Gasteiger partial charge in [-0.2, -0.15) is 0 Å². The van der Waals surface area contributed by atoms with E-state index in [0.29, 0.717) is 20.7 Å². The Bertz CT molecular complexity index is 931. The summed E-state index contributed by atoms with van der Waals surface area (Å²) >= 11 is 1.15. The Hall–Kier alpha value is -2.51. The third-order valence-electron chi connectivity index (χ3n) is 3.66. The lowest BCUT2D eigenvalue weighted by molar-refractivity contribution is 0.0478. The van der Waals surface area contributed by atoms with Gasteiger partial charge in [0, 0.05) is 0 Å². The molecule has 0 aliphatic carbocycles. The van der Waals surface area contributed by atoms with Crippen LogP contribution in [0.3, 0.4) is 0 Å². The van der Waals surface area contributed by atoms with Gasteiger partial charge in [-0.25, -0.2) is 9.78 Å². The van der Waals surface area contributed by atoms with Crippen molar-refractivity contribution in [3.8, 4) is 0 Å². The van der Waals surface area contributed by atoms with Gasteiger partial charge < -0.3 is 9.84 Å². The van der Waals surface area contributed by atoms with Crippen molar-refractivity contribution in [1.82, 2.24) is 9.55 Å². The average Bonchev–Trinajstić information content (AvgIpc) is 2.94. The van der Waals surface area contributed by atoms with Crippen molar-refractivity contribution in [3.63, 3.8) is 0 Å². The summed E-state index contributed by atoms with van der Waals surface area (Å²) in [6.45, 7) is 1.91. The number of carbonyl (C=O) groups is 1. The highest BCUT2D eigenvalue weighted by Crippen LogP contribution is 2.27. The fraction of sp³-hybridized carbons (Fsp3) is 0.235. The first-order valence-corrected chi connectivity index (χ1v) is 8.24. The maximum atomic E-state index is 12.4. The van der Waals surface area contributed by atoms with Gasteiger partial charge >= 0.3 is 5.97 Å². The van der Waals surface area contributed by atoms with Crippen molar-refractivity contribution in [2.45, 2.75) is 20.1 Å². The summed E-state index contributed by atoms with van der Waals surface area (Å²) in [7, 11) is 0. The normalized spacial score (nSPS) is 10.9. The van der Waals surface area contributed by atoms with E-state index in [2.05, 4.69) is 4.98 Å². The molecule has 0 spiro atoms. The monoisotopic (exact) mass is 344 g/mol. The maximum absolute atomic E-state index is 12.4. The molecule has 1 N–H and O–H groups in total. The lowest BCUT2D eigenvalue weighted by Crippen LogP contribution is -2.22. The number of aromatic nitrogens is 2. The molecule has 0 bridgehead atoms. The molecule has 0 radical (unpaired) electrons. The van der Waals surface area contributed by atoms with Crippen LogP contribution < -0.4 is 5.56 Å². The minimum Gasteiger partial charge on any atom is -0.457 e. The molecule has 3 rings (SSSR count). The molecule has 124 valence electrons. The Morgan fingerprint density at radius 2 is 2.08 bits per heavy atom. The van der Waals surface area contributed by atoms with Crippen molar-refractivity contribution in [2.24, 2.45) is 0 Å². The SMILES string of the molecule is Cc1c(C(=O)OCc2ccccc2)sc2ncn(CCO)c(=O)c12. The minimum absolute atomic E-state index is 0.151. The van der Waals surface area contributed by atoms with Crippen molar-refractivity contribution < 1.29 is 14.6 Å². The fourth-order valence-corrected chi connectivity index (χ4v) is 3.44. The standard InChI is InChI=1S/C17H16N2O4S/c1-11-13-15(18-10-19(7-8-20)16(13)21)24-14(11)17(22)23-9-12-5-3-2-4-6-12/h2-6,10,20H,7-9H2,1H3. The van der Waals surface area contributed by atoms with E-state index in [1.165, 1.54) is 10.9 Å². The summed E-state index contributed by atoms with van der Waals surface area (Å²) in [5.74, 6) is -0.465. The van der Waals surface area contributed by atoms with E-state index in [-0.39, 0.29) is 25.3 Å². The number of carbonyl (C=O) groups excluding carboxylic acids is 1. The molecule has 0 amide bonds. The average molecular weight is 344 g/mol. The predicted molar refractivity (Wildman–Crippen MR) is 91.3 cm³/mol. The van der Waals surface area contributed by atoms with Gasteiger partial charge in [-0.15, -0.1) is 11.3 Å². The van der Waals surface area contributed by atoms with E-state index in [0.717, 1.165) is 16.9 Å². The molecule has 24 heavy (non-hydrogen) atoms. The zero-order valence-corrected chi connectivity index (χ0v) is 13.9. The largest absolute Gasteiger partial charge is 0.457 e. The van der Waals surface area contributed by atoms with Crippen molar-refractivity contribution in [2.75, 3.05) is 6.61 Å². The van der Waals surface area contributed by atoms with Crippen LogP contribution in [0.5, 0.6) is 0 Å². The summed E-state index contributed by atoms with van der Waals surface area (Å²) in [4.78, 5) is 29.8. The molecule has 3 aromatic rings. The Balaban J connectivity index is 1.89. The molecule has 7 heteroatoms. The quantitative estimate of drug-likeness (QED) is 0.717. The van der Waals surface area contributed by atoms with Crippen LogP contribution in [-0.4, -0.2) is 27.2 Å². The first-order chi connectivity index (χ1) is 11.6. The minimum atomic E-state index is -0.465. The molecule has 0 saturated heterocycles. The number of ether oxygens (including phenoxy) is 1. The Kier molecular flexibility index (Phi) is 4.73. The smallest absolute Gasteiger partial charge is 0.349 e. The highest BCUT2D eigenvalue weighted by atomic mass is 32.1. The predicted octanol–water partition coefficient (Wildman–Crippen LogP) is 2.12. The Labute approximate surface area is 142 Å². The third-order valence-corrected chi connectivity index (χ3v) is 4.84. The van der Waals surface area contributed by atoms with Crippen LogP contribution in [0.25, 0.3) is 10.2 Å². The number of aliphatic hydroxyl groups is 1. The fourth-order valence-electron chi connectivity index (χ4n) is 2.41. The summed E-state index contributed by atoms with van der Waals surface area (Å²) in [6.07, 6.45) is 1.38. The summed E-state index contributed by atoms with van der Waals surface area (Å²) in [5, 5.41) is 9.40. The molecule has 0 unspecified atom stereocenters. The maximum Gasteiger partial charge on any atom is 0.349 e. The lowest BCUT2D eigenvalue weighted by atomic mass is 10.2. The highest BCUT2D eigenvalue weighted by Gasteiger charge is 2.20. The van der Waals surface area contributed by atoms with E-state index < -0.39 is 5.97 Å². The molecule has 0 aliphatic heterocycles. The van der Waals surface area contributed by atoms with E-state index in [4.69, 9.17) is 9.84 Å². The molecule has 2 aromatic heterocycles. The number of fused-ring (bicyclic) bond motifs is 1. The van der Waals surface area contributed by atoms with Gasteiger partial charge in [-0.3, -0.25) is 9.36 Å². The van der Waals surface area contributed by atoms with E-state index in [9.17, 15) is 9.59 Å². The number of rotatable bonds is 5. The summed E-state index contributed by atoms with van der Waals surface area (Å²) < 4.78 is 6.67. The number of nitrogens with zero attached hydrogens (tertiary/aromatic N) is 2. The van der Waals surface area contributed by atoms with Gasteiger partial charge in [-0.1, -0.05) is 30.3 Å². The number of esters is 1. The second-order valence-corrected chi connectivity index (χ2v) is 6.26. The number of hydrogen-bond donors (Lipinski definition) is 1. The van der Waals surface area contributed by atoms with Crippen LogP contribution in [0.4, 0.5) is 0 Å². The molecule has 1 aromatic carbocycles. The van der Waals surface area contributed by atoms with Gasteiger partial charge in [0.05, 0.1) is 24.9 Å². The van der Waals surface area contributed by atoms with Gasteiger partial charge in [0.15, 0.2) is 0 Å². The van der Waals surface area contributed by atoms with Crippen LogP contribution in [0, 0.1) is 6.92 Å². The molecule has 2 heterocycles. The van der Waals surface area contributed by atoms with Crippen LogP contribution in [0.1, 0.15) is 20.8 Å². The third kappa shape index (κ3) is 3.08. The summed E-state index contributed by atoms with van der Waals surface area (Å²) in [6, 6.07) is 9.40. The molecule has 6 nitrogen and oxygen atoms in total. The van der Waals surface area contributed by atoms with E-state index in [1.807, 2.05) is 30.3 Å². The first-order valence-electron chi connectivity index (χ1n) is 7.42. The van der Waals surface area contributed by atoms with E-state index in [1.54, 1.807) is 6.92 Å². The van der Waals surface area contributed by atoms with Crippen LogP contribution >= 0.6 is 11.3 Å².